The molecule has 1 aromatic heterocycles. The number of amides is 1. The number of nitrogens with zero attached hydrogens (tertiary/aromatic N) is 3. The van der Waals surface area contributed by atoms with Crippen LogP contribution in [0, 0.1) is 0 Å². The molecule has 1 amide bonds. The van der Waals surface area contributed by atoms with Crippen LogP contribution >= 0.6 is 23.2 Å². The highest BCUT2D eigenvalue weighted by Gasteiger charge is 2.28. The molecule has 6 heteroatoms. The molecule has 0 unspecified atom stereocenters. The quantitative estimate of drug-likeness (QED) is 0.797. The lowest BCUT2D eigenvalue weighted by Gasteiger charge is -2.16. The number of hydrogen-bond donors (Lipinski definition) is 0. The van der Waals surface area contributed by atoms with Crippen molar-refractivity contribution in [2.24, 2.45) is 0 Å². The summed E-state index contributed by atoms with van der Waals surface area (Å²) in [5, 5.41) is 5.69. The van der Waals surface area contributed by atoms with Crippen LogP contribution in [0.15, 0.2) is 18.2 Å². The Morgan fingerprint density at radius 1 is 1.12 bits per heavy atom. The number of halogens is 2. The highest BCUT2D eigenvalue weighted by atomic mass is 35.5. The lowest BCUT2D eigenvalue weighted by molar-refractivity contribution is 0.0790. The third-order valence-electron chi connectivity index (χ3n) is 4.48. The van der Waals surface area contributed by atoms with Crippen LogP contribution in [-0.4, -0.2) is 33.7 Å². The van der Waals surface area contributed by atoms with Gasteiger partial charge in [-0.1, -0.05) is 37.0 Å². The Labute approximate surface area is 152 Å². The molecule has 24 heavy (non-hydrogen) atoms. The molecule has 0 bridgehead atoms. The Morgan fingerprint density at radius 3 is 2.42 bits per heavy atom. The first-order valence-electron chi connectivity index (χ1n) is 8.42. The Kier molecular flexibility index (Phi) is 5.16. The molecule has 1 fully saturated rings. The third kappa shape index (κ3) is 3.05. The molecule has 4 nitrogen and oxygen atoms in total. The van der Waals surface area contributed by atoms with Crippen LogP contribution in [0.25, 0.3) is 5.69 Å². The van der Waals surface area contributed by atoms with Crippen LogP contribution in [0.5, 0.6) is 0 Å². The van der Waals surface area contributed by atoms with Gasteiger partial charge in [-0.15, -0.1) is 0 Å². The van der Waals surface area contributed by atoms with Crippen LogP contribution in [0.4, 0.5) is 0 Å². The monoisotopic (exact) mass is 365 g/mol. The average molecular weight is 366 g/mol. The van der Waals surface area contributed by atoms with Gasteiger partial charge in [0.15, 0.2) is 0 Å². The maximum absolute atomic E-state index is 13.0. The number of benzene rings is 1. The van der Waals surface area contributed by atoms with Gasteiger partial charge >= 0.3 is 0 Å². The third-order valence-corrected chi connectivity index (χ3v) is 5.22. The minimum Gasteiger partial charge on any atom is -0.339 e. The second kappa shape index (κ2) is 7.16. The van der Waals surface area contributed by atoms with Gasteiger partial charge in [-0.2, -0.15) is 5.10 Å². The minimum atomic E-state index is 0.104. The topological polar surface area (TPSA) is 38.1 Å². The van der Waals surface area contributed by atoms with Gasteiger partial charge in [0.1, 0.15) is 0 Å². The normalized spacial score (nSPS) is 14.4. The minimum absolute atomic E-state index is 0.104. The summed E-state index contributed by atoms with van der Waals surface area (Å²) in [5.74, 6) is 0.104. The fourth-order valence-electron chi connectivity index (χ4n) is 3.23. The Morgan fingerprint density at radius 2 is 1.83 bits per heavy atom. The largest absolute Gasteiger partial charge is 0.339 e. The van der Waals surface area contributed by atoms with E-state index in [0.29, 0.717) is 10.0 Å². The smallest absolute Gasteiger partial charge is 0.257 e. The first-order chi connectivity index (χ1) is 11.6. The molecule has 2 heterocycles. The number of aryl methyl sites for hydroxylation is 1. The zero-order valence-electron chi connectivity index (χ0n) is 14.0. The molecule has 1 saturated heterocycles. The van der Waals surface area contributed by atoms with Gasteiger partial charge in [0.25, 0.3) is 5.91 Å². The van der Waals surface area contributed by atoms with Crippen LogP contribution < -0.4 is 0 Å². The van der Waals surface area contributed by atoms with E-state index in [1.54, 1.807) is 12.1 Å². The molecule has 0 saturated carbocycles. The van der Waals surface area contributed by atoms with E-state index in [1.165, 1.54) is 0 Å². The van der Waals surface area contributed by atoms with Gasteiger partial charge in [-0.25, -0.2) is 4.68 Å². The van der Waals surface area contributed by atoms with E-state index in [9.17, 15) is 4.79 Å². The van der Waals surface area contributed by atoms with Crippen molar-refractivity contribution in [3.05, 3.63) is 45.2 Å². The molecular formula is C18H21Cl2N3O. The standard InChI is InChI=1S/C18H21Cl2N3O/c1-3-15-17(18(24)22-9-5-6-10-22)16(4-2)23(21-15)12-7-8-13(19)14(20)11-12/h7-8,11H,3-6,9-10H2,1-2H3. The van der Waals surface area contributed by atoms with Crippen molar-refractivity contribution in [2.75, 3.05) is 13.1 Å². The second-order valence-corrected chi connectivity index (χ2v) is 6.80. The van der Waals surface area contributed by atoms with Crippen LogP contribution in [0.2, 0.25) is 10.0 Å². The Balaban J connectivity index is 2.10. The van der Waals surface area contributed by atoms with Crippen molar-refractivity contribution in [1.82, 2.24) is 14.7 Å². The summed E-state index contributed by atoms with van der Waals surface area (Å²) in [6.45, 7) is 5.75. The van der Waals surface area contributed by atoms with Gasteiger partial charge in [-0.3, -0.25) is 4.79 Å². The molecule has 1 aliphatic rings. The first-order valence-corrected chi connectivity index (χ1v) is 9.17. The van der Waals surface area contributed by atoms with Crippen molar-refractivity contribution >= 4 is 29.1 Å². The van der Waals surface area contributed by atoms with E-state index in [4.69, 9.17) is 28.3 Å². The van der Waals surface area contributed by atoms with Gasteiger partial charge < -0.3 is 4.90 Å². The molecule has 3 rings (SSSR count). The summed E-state index contributed by atoms with van der Waals surface area (Å²) < 4.78 is 1.84. The lowest BCUT2D eigenvalue weighted by atomic mass is 10.1. The SMILES string of the molecule is CCc1nn(-c2ccc(Cl)c(Cl)c2)c(CC)c1C(=O)N1CCCC1. The molecule has 2 aromatic rings. The number of likely N-dealkylation sites (tertiary alicyclic amines) is 1. The van der Waals surface area contributed by atoms with E-state index in [0.717, 1.165) is 61.4 Å². The fourth-order valence-corrected chi connectivity index (χ4v) is 3.53. The van der Waals surface area contributed by atoms with E-state index in [-0.39, 0.29) is 5.91 Å². The highest BCUT2D eigenvalue weighted by Crippen LogP contribution is 2.28. The summed E-state index contributed by atoms with van der Waals surface area (Å²) in [6, 6.07) is 5.43. The molecule has 0 radical (unpaired) electrons. The Bertz CT molecular complexity index is 764. The lowest BCUT2D eigenvalue weighted by Crippen LogP contribution is -2.29. The number of carbonyl (C=O) groups excluding carboxylic acids is 1. The van der Waals surface area contributed by atoms with Gasteiger partial charge in [0, 0.05) is 13.1 Å². The summed E-state index contributed by atoms with van der Waals surface area (Å²) in [6.07, 6.45) is 3.60. The predicted molar refractivity (Wildman–Crippen MR) is 97.5 cm³/mol. The van der Waals surface area contributed by atoms with Crippen molar-refractivity contribution in [2.45, 2.75) is 39.5 Å². The zero-order valence-corrected chi connectivity index (χ0v) is 15.5. The molecule has 0 atom stereocenters. The van der Waals surface area contributed by atoms with E-state index in [2.05, 4.69) is 0 Å². The van der Waals surface area contributed by atoms with Gasteiger partial charge in [0.2, 0.25) is 0 Å². The molecule has 1 aliphatic heterocycles. The van der Waals surface area contributed by atoms with Crippen molar-refractivity contribution in [3.8, 4) is 5.69 Å². The highest BCUT2D eigenvalue weighted by molar-refractivity contribution is 6.42. The summed E-state index contributed by atoms with van der Waals surface area (Å²) in [5.41, 5.74) is 3.36. The molecule has 128 valence electrons. The van der Waals surface area contributed by atoms with E-state index in [1.807, 2.05) is 29.5 Å². The summed E-state index contributed by atoms with van der Waals surface area (Å²) in [4.78, 5) is 14.9. The van der Waals surface area contributed by atoms with Crippen molar-refractivity contribution in [3.63, 3.8) is 0 Å². The van der Waals surface area contributed by atoms with Crippen molar-refractivity contribution in [1.29, 1.82) is 0 Å². The average Bonchev–Trinajstić information content (AvgIpc) is 3.23. The van der Waals surface area contributed by atoms with Crippen LogP contribution in [-0.2, 0) is 12.8 Å². The molecule has 0 aliphatic carbocycles. The number of rotatable bonds is 4. The fraction of sp³-hybridized carbons (Fsp3) is 0.444. The molecular weight excluding hydrogens is 345 g/mol. The van der Waals surface area contributed by atoms with Gasteiger partial charge in [-0.05, 0) is 43.9 Å². The molecule has 0 spiro atoms. The van der Waals surface area contributed by atoms with E-state index < -0.39 is 0 Å². The maximum atomic E-state index is 13.0. The number of hydrogen-bond acceptors (Lipinski definition) is 2. The zero-order chi connectivity index (χ0) is 17.3. The summed E-state index contributed by atoms with van der Waals surface area (Å²) in [7, 11) is 0. The number of aromatic nitrogens is 2. The van der Waals surface area contributed by atoms with Gasteiger partial charge in [0.05, 0.1) is 32.7 Å². The van der Waals surface area contributed by atoms with Crippen LogP contribution in [0.1, 0.15) is 48.4 Å². The predicted octanol–water partition coefficient (Wildman–Crippen LogP) is 4.54. The van der Waals surface area contributed by atoms with Crippen LogP contribution in [0.3, 0.4) is 0 Å². The second-order valence-electron chi connectivity index (χ2n) is 5.99. The van der Waals surface area contributed by atoms with E-state index >= 15 is 0 Å². The first kappa shape index (κ1) is 17.3. The Hall–Kier alpha value is -1.52. The maximum Gasteiger partial charge on any atom is 0.257 e. The van der Waals surface area contributed by atoms with Crippen molar-refractivity contribution < 1.29 is 4.79 Å². The molecule has 0 N–H and O–H groups in total. The molecule has 1 aromatic carbocycles. The number of carbonyl (C=O) groups is 1. The summed E-state index contributed by atoms with van der Waals surface area (Å²) >= 11 is 12.2.